The van der Waals surface area contributed by atoms with Crippen molar-refractivity contribution < 1.29 is 9.90 Å². The number of halogens is 1. The van der Waals surface area contributed by atoms with Crippen molar-refractivity contribution in [1.82, 2.24) is 0 Å². The summed E-state index contributed by atoms with van der Waals surface area (Å²) in [6.07, 6.45) is 1.000. The standard InChI is InChI=1S/C13H17ClN2O2/c1-4-8(2)9(3)15-16-12-7-10(13(17)18)5-6-11(12)14/h5-8,16H,4H2,1-3H3,(H,17,18)/b15-9-/t8-/m1/s1. The number of nitrogens with zero attached hydrogens (tertiary/aromatic N) is 1. The summed E-state index contributed by atoms with van der Waals surface area (Å²) in [7, 11) is 0. The van der Waals surface area contributed by atoms with Gasteiger partial charge in [0.25, 0.3) is 0 Å². The molecule has 0 aliphatic carbocycles. The van der Waals surface area contributed by atoms with Gasteiger partial charge in [0.15, 0.2) is 0 Å². The van der Waals surface area contributed by atoms with Crippen LogP contribution in [-0.4, -0.2) is 16.8 Å². The van der Waals surface area contributed by atoms with E-state index < -0.39 is 5.97 Å². The molecule has 0 aromatic heterocycles. The third-order valence-corrected chi connectivity index (χ3v) is 3.22. The smallest absolute Gasteiger partial charge is 0.335 e. The molecule has 0 heterocycles. The number of nitrogens with one attached hydrogen (secondary N) is 1. The van der Waals surface area contributed by atoms with E-state index in [-0.39, 0.29) is 5.56 Å². The Morgan fingerprint density at radius 2 is 2.22 bits per heavy atom. The maximum atomic E-state index is 10.9. The predicted molar refractivity (Wildman–Crippen MR) is 74.6 cm³/mol. The van der Waals surface area contributed by atoms with Crippen molar-refractivity contribution in [1.29, 1.82) is 0 Å². The minimum atomic E-state index is -0.989. The number of anilines is 1. The number of hydrogen-bond acceptors (Lipinski definition) is 3. The van der Waals surface area contributed by atoms with Gasteiger partial charge in [-0.3, -0.25) is 5.43 Å². The van der Waals surface area contributed by atoms with Gasteiger partial charge in [-0.15, -0.1) is 0 Å². The largest absolute Gasteiger partial charge is 0.478 e. The number of carboxylic acid groups (broad SMARTS) is 1. The highest BCUT2D eigenvalue weighted by atomic mass is 35.5. The average Bonchev–Trinajstić information content (AvgIpc) is 2.36. The second-order valence-electron chi connectivity index (χ2n) is 4.17. The highest BCUT2D eigenvalue weighted by Crippen LogP contribution is 2.23. The summed E-state index contributed by atoms with van der Waals surface area (Å²) in [5, 5.41) is 13.6. The Morgan fingerprint density at radius 1 is 1.56 bits per heavy atom. The van der Waals surface area contributed by atoms with Crippen molar-refractivity contribution in [3.63, 3.8) is 0 Å². The van der Waals surface area contributed by atoms with Gasteiger partial charge in [0.05, 0.1) is 16.3 Å². The molecule has 0 saturated heterocycles. The van der Waals surface area contributed by atoms with Crippen LogP contribution in [0.3, 0.4) is 0 Å². The Hall–Kier alpha value is -1.55. The van der Waals surface area contributed by atoms with Crippen LogP contribution in [0.25, 0.3) is 0 Å². The first-order chi connectivity index (χ1) is 8.45. The van der Waals surface area contributed by atoms with E-state index in [1.165, 1.54) is 12.1 Å². The van der Waals surface area contributed by atoms with Crippen LogP contribution >= 0.6 is 11.6 Å². The minimum absolute atomic E-state index is 0.179. The Morgan fingerprint density at radius 3 is 2.78 bits per heavy atom. The second kappa shape index (κ2) is 6.40. The molecule has 1 aromatic carbocycles. The van der Waals surface area contributed by atoms with Crippen LogP contribution in [0.2, 0.25) is 5.02 Å². The summed E-state index contributed by atoms with van der Waals surface area (Å²) >= 11 is 5.97. The first-order valence-electron chi connectivity index (χ1n) is 5.78. The third kappa shape index (κ3) is 3.74. The van der Waals surface area contributed by atoms with Crippen molar-refractivity contribution in [2.45, 2.75) is 27.2 Å². The molecule has 0 amide bonds. The molecule has 0 aliphatic heterocycles. The molecule has 1 atom stereocenters. The van der Waals surface area contributed by atoms with Crippen LogP contribution in [0.4, 0.5) is 5.69 Å². The van der Waals surface area contributed by atoms with Gasteiger partial charge in [-0.05, 0) is 37.5 Å². The fraction of sp³-hybridized carbons (Fsp3) is 0.385. The zero-order chi connectivity index (χ0) is 13.7. The van der Waals surface area contributed by atoms with Crippen molar-refractivity contribution in [2.75, 3.05) is 5.43 Å². The first-order valence-corrected chi connectivity index (χ1v) is 6.16. The molecular weight excluding hydrogens is 252 g/mol. The quantitative estimate of drug-likeness (QED) is 0.629. The van der Waals surface area contributed by atoms with E-state index in [9.17, 15) is 4.79 Å². The van der Waals surface area contributed by atoms with E-state index in [1.54, 1.807) is 6.07 Å². The average molecular weight is 269 g/mol. The minimum Gasteiger partial charge on any atom is -0.478 e. The lowest BCUT2D eigenvalue weighted by Crippen LogP contribution is -2.08. The Labute approximate surface area is 112 Å². The summed E-state index contributed by atoms with van der Waals surface area (Å²) in [5.41, 5.74) is 4.45. The number of benzene rings is 1. The molecule has 1 rings (SSSR count). The summed E-state index contributed by atoms with van der Waals surface area (Å²) in [5.74, 6) is -0.615. The van der Waals surface area contributed by atoms with Crippen LogP contribution in [0.15, 0.2) is 23.3 Å². The van der Waals surface area contributed by atoms with Gasteiger partial charge in [0, 0.05) is 5.71 Å². The molecule has 2 N–H and O–H groups in total. The number of aromatic carboxylic acids is 1. The zero-order valence-corrected chi connectivity index (χ0v) is 11.5. The molecule has 0 aliphatic rings. The lowest BCUT2D eigenvalue weighted by Gasteiger charge is -2.10. The van der Waals surface area contributed by atoms with Crippen LogP contribution < -0.4 is 5.43 Å². The van der Waals surface area contributed by atoms with Gasteiger partial charge >= 0.3 is 5.97 Å². The molecule has 1 aromatic rings. The van der Waals surface area contributed by atoms with E-state index in [2.05, 4.69) is 24.4 Å². The van der Waals surface area contributed by atoms with Gasteiger partial charge in [-0.2, -0.15) is 5.10 Å². The molecule has 0 fully saturated rings. The lowest BCUT2D eigenvalue weighted by atomic mass is 10.1. The molecule has 5 heteroatoms. The number of hydrogen-bond donors (Lipinski definition) is 2. The Kier molecular flexibility index (Phi) is 5.16. The normalized spacial score (nSPS) is 13.2. The Bertz CT molecular complexity index is 472. The van der Waals surface area contributed by atoms with Gasteiger partial charge in [-0.1, -0.05) is 25.4 Å². The highest BCUT2D eigenvalue weighted by Gasteiger charge is 2.07. The van der Waals surface area contributed by atoms with Gasteiger partial charge < -0.3 is 5.11 Å². The number of carboxylic acids is 1. The molecule has 0 spiro atoms. The molecule has 0 unspecified atom stereocenters. The molecule has 98 valence electrons. The lowest BCUT2D eigenvalue weighted by molar-refractivity contribution is 0.0697. The van der Waals surface area contributed by atoms with Crippen LogP contribution in [0.5, 0.6) is 0 Å². The SMILES string of the molecule is CC[C@@H](C)/C(C)=N\Nc1cc(C(=O)O)ccc1Cl. The van der Waals surface area contributed by atoms with Crippen LogP contribution in [-0.2, 0) is 0 Å². The van der Waals surface area contributed by atoms with Gasteiger partial charge in [0.1, 0.15) is 0 Å². The molecule has 0 bridgehead atoms. The van der Waals surface area contributed by atoms with Crippen molar-refractivity contribution >= 4 is 29.0 Å². The summed E-state index contributed by atoms with van der Waals surface area (Å²) in [4.78, 5) is 10.9. The van der Waals surface area contributed by atoms with E-state index in [0.29, 0.717) is 16.6 Å². The monoisotopic (exact) mass is 268 g/mol. The topological polar surface area (TPSA) is 61.7 Å². The third-order valence-electron chi connectivity index (χ3n) is 2.89. The summed E-state index contributed by atoms with van der Waals surface area (Å²) in [6.45, 7) is 6.09. The van der Waals surface area contributed by atoms with E-state index in [1.807, 2.05) is 6.92 Å². The van der Waals surface area contributed by atoms with Crippen molar-refractivity contribution in [3.8, 4) is 0 Å². The fourth-order valence-electron chi connectivity index (χ4n) is 1.30. The van der Waals surface area contributed by atoms with Gasteiger partial charge in [-0.25, -0.2) is 4.79 Å². The second-order valence-corrected chi connectivity index (χ2v) is 4.58. The van der Waals surface area contributed by atoms with Crippen LogP contribution in [0, 0.1) is 5.92 Å². The van der Waals surface area contributed by atoms with E-state index in [4.69, 9.17) is 16.7 Å². The van der Waals surface area contributed by atoms with E-state index >= 15 is 0 Å². The molecule has 0 saturated carbocycles. The number of rotatable bonds is 5. The number of hydrazone groups is 1. The maximum absolute atomic E-state index is 10.9. The van der Waals surface area contributed by atoms with Crippen molar-refractivity contribution in [3.05, 3.63) is 28.8 Å². The van der Waals surface area contributed by atoms with E-state index in [0.717, 1.165) is 12.1 Å². The summed E-state index contributed by atoms with van der Waals surface area (Å²) in [6, 6.07) is 4.47. The molecule has 4 nitrogen and oxygen atoms in total. The molecule has 18 heavy (non-hydrogen) atoms. The highest BCUT2D eigenvalue weighted by molar-refractivity contribution is 6.33. The Balaban J connectivity index is 2.90. The van der Waals surface area contributed by atoms with Crippen molar-refractivity contribution in [2.24, 2.45) is 11.0 Å². The fourth-order valence-corrected chi connectivity index (χ4v) is 1.46. The summed E-state index contributed by atoms with van der Waals surface area (Å²) < 4.78 is 0. The number of carbonyl (C=O) groups is 1. The molecule has 0 radical (unpaired) electrons. The zero-order valence-electron chi connectivity index (χ0n) is 10.7. The van der Waals surface area contributed by atoms with Crippen LogP contribution in [0.1, 0.15) is 37.6 Å². The molecular formula is C13H17ClN2O2. The maximum Gasteiger partial charge on any atom is 0.335 e. The first kappa shape index (κ1) is 14.5. The van der Waals surface area contributed by atoms with Gasteiger partial charge in [0.2, 0.25) is 0 Å². The predicted octanol–water partition coefficient (Wildman–Crippen LogP) is 3.87.